The largest absolute Gasteiger partial charge is 0.441 e. The third kappa shape index (κ3) is 2.60. The Kier molecular flexibility index (Phi) is 3.35. The highest BCUT2D eigenvalue weighted by molar-refractivity contribution is 6.04. The summed E-state index contributed by atoms with van der Waals surface area (Å²) in [4.78, 5) is 19.7. The van der Waals surface area contributed by atoms with Gasteiger partial charge in [-0.15, -0.1) is 0 Å². The Morgan fingerprint density at radius 1 is 1.38 bits per heavy atom. The van der Waals surface area contributed by atoms with E-state index in [1.54, 1.807) is 18.2 Å². The number of amides is 1. The van der Waals surface area contributed by atoms with Crippen LogP contribution in [0.25, 0.3) is 11.1 Å². The molecular formula is C15H12FN3O2. The number of hydrogen-bond acceptors (Lipinski definition) is 4. The molecule has 1 N–H and O–H groups in total. The van der Waals surface area contributed by atoms with E-state index in [4.69, 9.17) is 4.42 Å². The smallest absolute Gasteiger partial charge is 0.260 e. The lowest BCUT2D eigenvalue weighted by Crippen LogP contribution is -2.14. The van der Waals surface area contributed by atoms with Crippen molar-refractivity contribution in [2.45, 2.75) is 13.3 Å². The number of rotatable bonds is 3. The second-order valence-electron chi connectivity index (χ2n) is 4.44. The van der Waals surface area contributed by atoms with Gasteiger partial charge >= 0.3 is 0 Å². The number of oxazole rings is 1. The molecule has 2 aromatic heterocycles. The van der Waals surface area contributed by atoms with E-state index in [2.05, 4.69) is 15.3 Å². The van der Waals surface area contributed by atoms with Crippen LogP contribution in [-0.2, 0) is 6.42 Å². The maximum atomic E-state index is 13.4. The fourth-order valence-electron chi connectivity index (χ4n) is 1.96. The molecule has 6 heteroatoms. The fourth-order valence-corrected chi connectivity index (χ4v) is 1.96. The average Bonchev–Trinajstić information content (AvgIpc) is 2.90. The number of halogens is 1. The lowest BCUT2D eigenvalue weighted by atomic mass is 10.2. The minimum Gasteiger partial charge on any atom is -0.441 e. The van der Waals surface area contributed by atoms with Crippen LogP contribution in [0.3, 0.4) is 0 Å². The van der Waals surface area contributed by atoms with Crippen molar-refractivity contribution in [2.24, 2.45) is 0 Å². The van der Waals surface area contributed by atoms with Gasteiger partial charge in [0.2, 0.25) is 5.95 Å². The molecule has 21 heavy (non-hydrogen) atoms. The van der Waals surface area contributed by atoms with Gasteiger partial charge in [-0.05, 0) is 30.3 Å². The highest BCUT2D eigenvalue weighted by Crippen LogP contribution is 2.21. The number of aromatic nitrogens is 2. The summed E-state index contributed by atoms with van der Waals surface area (Å²) < 4.78 is 18.9. The van der Waals surface area contributed by atoms with Crippen molar-refractivity contribution in [2.75, 3.05) is 5.32 Å². The molecule has 0 radical (unpaired) electrons. The zero-order chi connectivity index (χ0) is 14.8. The molecule has 1 aromatic carbocycles. The summed E-state index contributed by atoms with van der Waals surface area (Å²) in [5.74, 6) is -0.725. The third-order valence-electron chi connectivity index (χ3n) is 3.00. The van der Waals surface area contributed by atoms with Crippen molar-refractivity contribution < 1.29 is 13.6 Å². The minimum absolute atomic E-state index is 0.105. The Balaban J connectivity index is 1.87. The number of carbonyl (C=O) groups is 1. The van der Waals surface area contributed by atoms with Crippen LogP contribution in [0.4, 0.5) is 10.1 Å². The first-order valence-electron chi connectivity index (χ1n) is 6.48. The zero-order valence-corrected chi connectivity index (χ0v) is 11.3. The van der Waals surface area contributed by atoms with Crippen LogP contribution >= 0.6 is 0 Å². The van der Waals surface area contributed by atoms with Crippen LogP contribution in [0, 0.1) is 5.95 Å². The quantitative estimate of drug-likeness (QED) is 0.750. The van der Waals surface area contributed by atoms with E-state index in [0.717, 1.165) is 0 Å². The fraction of sp³-hybridized carbons (Fsp3) is 0.133. The predicted molar refractivity (Wildman–Crippen MR) is 75.5 cm³/mol. The second kappa shape index (κ2) is 5.32. The summed E-state index contributed by atoms with van der Waals surface area (Å²) in [5, 5.41) is 2.62. The van der Waals surface area contributed by atoms with Crippen LogP contribution in [0.15, 0.2) is 40.9 Å². The summed E-state index contributed by atoms with van der Waals surface area (Å²) in [5.41, 5.74) is 1.72. The third-order valence-corrected chi connectivity index (χ3v) is 3.00. The van der Waals surface area contributed by atoms with Gasteiger partial charge in [0.05, 0.1) is 5.56 Å². The van der Waals surface area contributed by atoms with Crippen molar-refractivity contribution in [3.05, 3.63) is 53.9 Å². The highest BCUT2D eigenvalue weighted by Gasteiger charge is 2.13. The predicted octanol–water partition coefficient (Wildman–Crippen LogP) is 3.18. The molecule has 0 saturated carbocycles. The lowest BCUT2D eigenvalue weighted by molar-refractivity contribution is 0.102. The van der Waals surface area contributed by atoms with Crippen LogP contribution in [0.1, 0.15) is 23.2 Å². The number of pyridine rings is 1. The Bertz CT molecular complexity index is 814. The van der Waals surface area contributed by atoms with Crippen LogP contribution < -0.4 is 5.32 Å². The number of nitrogens with zero attached hydrogens (tertiary/aromatic N) is 2. The monoisotopic (exact) mass is 285 g/mol. The van der Waals surface area contributed by atoms with Crippen molar-refractivity contribution in [3.8, 4) is 0 Å². The van der Waals surface area contributed by atoms with E-state index < -0.39 is 11.9 Å². The lowest BCUT2D eigenvalue weighted by Gasteiger charge is -2.05. The topological polar surface area (TPSA) is 68.0 Å². The van der Waals surface area contributed by atoms with E-state index in [0.29, 0.717) is 29.1 Å². The Labute approximate surface area is 119 Å². The summed E-state index contributed by atoms with van der Waals surface area (Å²) in [6.45, 7) is 1.94. The van der Waals surface area contributed by atoms with Crippen molar-refractivity contribution in [3.63, 3.8) is 0 Å². The number of carbonyl (C=O) groups excluding carboxylic acids is 1. The molecule has 0 saturated heterocycles. The van der Waals surface area contributed by atoms with E-state index in [-0.39, 0.29) is 5.56 Å². The van der Waals surface area contributed by atoms with E-state index in [1.807, 2.05) is 6.92 Å². The molecule has 3 aromatic rings. The van der Waals surface area contributed by atoms with Gasteiger partial charge in [-0.3, -0.25) is 4.79 Å². The van der Waals surface area contributed by atoms with Crippen molar-refractivity contribution >= 4 is 22.7 Å². The molecule has 5 nitrogen and oxygen atoms in total. The summed E-state index contributed by atoms with van der Waals surface area (Å²) >= 11 is 0. The minimum atomic E-state index is -0.800. The number of benzene rings is 1. The normalized spacial score (nSPS) is 10.8. The Morgan fingerprint density at radius 2 is 2.24 bits per heavy atom. The maximum Gasteiger partial charge on any atom is 0.260 e. The number of hydrogen-bond donors (Lipinski definition) is 1. The molecule has 0 spiro atoms. The first-order chi connectivity index (χ1) is 10.2. The van der Waals surface area contributed by atoms with Crippen LogP contribution in [0.2, 0.25) is 0 Å². The molecule has 0 aliphatic rings. The molecule has 3 rings (SSSR count). The van der Waals surface area contributed by atoms with Crippen LogP contribution in [0.5, 0.6) is 0 Å². The molecule has 2 heterocycles. The van der Waals surface area contributed by atoms with Gasteiger partial charge in [0.15, 0.2) is 11.5 Å². The molecule has 0 bridgehead atoms. The van der Waals surface area contributed by atoms with Gasteiger partial charge in [-0.1, -0.05) is 6.92 Å². The van der Waals surface area contributed by atoms with E-state index in [9.17, 15) is 9.18 Å². The molecule has 1 amide bonds. The number of anilines is 1. The Hall–Kier alpha value is -2.76. The number of nitrogens with one attached hydrogen (secondary N) is 1. The van der Waals surface area contributed by atoms with E-state index >= 15 is 0 Å². The molecule has 0 aliphatic carbocycles. The van der Waals surface area contributed by atoms with Gasteiger partial charge in [0.25, 0.3) is 5.91 Å². The van der Waals surface area contributed by atoms with Gasteiger partial charge < -0.3 is 9.73 Å². The molecule has 106 valence electrons. The van der Waals surface area contributed by atoms with E-state index in [1.165, 1.54) is 18.3 Å². The highest BCUT2D eigenvalue weighted by atomic mass is 19.1. The molecule has 0 unspecified atom stereocenters. The number of aryl methyl sites for hydroxylation is 1. The van der Waals surface area contributed by atoms with Crippen molar-refractivity contribution in [1.29, 1.82) is 0 Å². The summed E-state index contributed by atoms with van der Waals surface area (Å²) in [6.07, 6.45) is 1.98. The SMILES string of the molecule is CCc1nc2cc(NC(=O)c3cccnc3F)ccc2o1. The molecule has 0 aliphatic heterocycles. The van der Waals surface area contributed by atoms with Crippen LogP contribution in [-0.4, -0.2) is 15.9 Å². The second-order valence-corrected chi connectivity index (χ2v) is 4.44. The first-order valence-corrected chi connectivity index (χ1v) is 6.48. The maximum absolute atomic E-state index is 13.4. The van der Waals surface area contributed by atoms with Crippen molar-refractivity contribution in [1.82, 2.24) is 9.97 Å². The Morgan fingerprint density at radius 3 is 3.00 bits per heavy atom. The molecular weight excluding hydrogens is 273 g/mol. The first kappa shape index (κ1) is 13.2. The van der Waals surface area contributed by atoms with Gasteiger partial charge in [-0.25, -0.2) is 9.97 Å². The summed E-state index contributed by atoms with van der Waals surface area (Å²) in [6, 6.07) is 7.97. The number of fused-ring (bicyclic) bond motifs is 1. The average molecular weight is 285 g/mol. The van der Waals surface area contributed by atoms with Gasteiger partial charge in [-0.2, -0.15) is 4.39 Å². The zero-order valence-electron chi connectivity index (χ0n) is 11.3. The standard InChI is InChI=1S/C15H12FN3O2/c1-2-13-19-11-8-9(5-6-12(11)21-13)18-15(20)10-4-3-7-17-14(10)16/h3-8H,2H2,1H3,(H,18,20). The van der Waals surface area contributed by atoms with Gasteiger partial charge in [0.1, 0.15) is 5.52 Å². The summed E-state index contributed by atoms with van der Waals surface area (Å²) in [7, 11) is 0. The molecule has 0 fully saturated rings. The molecule has 0 atom stereocenters. The van der Waals surface area contributed by atoms with Gasteiger partial charge in [0, 0.05) is 18.3 Å².